The van der Waals surface area contributed by atoms with E-state index in [0.717, 1.165) is 25.2 Å². The molecule has 0 saturated heterocycles. The molecule has 0 spiro atoms. The minimum absolute atomic E-state index is 0.0504. The summed E-state index contributed by atoms with van der Waals surface area (Å²) in [4.78, 5) is 24.7. The fourth-order valence-corrected chi connectivity index (χ4v) is 8.27. The largest absolute Gasteiger partial charge is 0.451 e. The normalized spacial score (nSPS) is 48.7. The van der Waals surface area contributed by atoms with Crippen molar-refractivity contribution in [2.75, 3.05) is 0 Å². The maximum absolute atomic E-state index is 12.8. The Morgan fingerprint density at radius 1 is 1.07 bits per heavy atom. The molecule has 0 aromatic carbocycles. The molecule has 0 radical (unpaired) electrons. The van der Waals surface area contributed by atoms with E-state index in [9.17, 15) is 9.59 Å². The first-order chi connectivity index (χ1) is 12.7. The maximum atomic E-state index is 12.8. The summed E-state index contributed by atoms with van der Waals surface area (Å²) in [6, 6.07) is 0. The summed E-state index contributed by atoms with van der Waals surface area (Å²) >= 11 is 0. The molecule has 0 heterocycles. The van der Waals surface area contributed by atoms with Gasteiger partial charge in [0.2, 0.25) is 0 Å². The van der Waals surface area contributed by atoms with E-state index in [-0.39, 0.29) is 17.2 Å². The van der Waals surface area contributed by atoms with Crippen molar-refractivity contribution in [1.82, 2.24) is 0 Å². The monoisotopic (exact) mass is 372 g/mol. The van der Waals surface area contributed by atoms with E-state index in [1.54, 1.807) is 12.5 Å². The van der Waals surface area contributed by atoms with Crippen LogP contribution in [0.2, 0.25) is 0 Å². The number of hydrogen-bond acceptors (Lipinski definition) is 3. The van der Waals surface area contributed by atoms with Crippen molar-refractivity contribution in [2.24, 2.45) is 34.5 Å². The first-order valence-electron chi connectivity index (χ1n) is 11.1. The number of Topliss-reactive ketones (excluding diaryl/α,β-unsaturated/α-hetero) is 1. The first-order valence-corrected chi connectivity index (χ1v) is 11.1. The van der Waals surface area contributed by atoms with Crippen molar-refractivity contribution < 1.29 is 14.3 Å². The molecule has 0 aliphatic heterocycles. The van der Waals surface area contributed by atoms with Gasteiger partial charge in [0, 0.05) is 12.3 Å². The smallest absolute Gasteiger partial charge is 0.303 e. The second kappa shape index (κ2) is 6.19. The zero-order valence-electron chi connectivity index (χ0n) is 17.8. The van der Waals surface area contributed by atoms with Gasteiger partial charge in [-0.15, -0.1) is 0 Å². The van der Waals surface area contributed by atoms with Gasteiger partial charge in [0.25, 0.3) is 0 Å². The molecular formula is C24H36O3. The van der Waals surface area contributed by atoms with Crippen LogP contribution in [0.3, 0.4) is 0 Å². The van der Waals surface area contributed by atoms with Crippen LogP contribution in [0.15, 0.2) is 11.6 Å². The lowest BCUT2D eigenvalue weighted by molar-refractivity contribution is -0.187. The third-order valence-corrected chi connectivity index (χ3v) is 9.34. The molecule has 3 saturated carbocycles. The van der Waals surface area contributed by atoms with Gasteiger partial charge in [-0.3, -0.25) is 9.59 Å². The van der Waals surface area contributed by atoms with E-state index in [1.807, 2.05) is 0 Å². The Bertz CT molecular complexity index is 694. The third-order valence-electron chi connectivity index (χ3n) is 9.34. The average Bonchev–Trinajstić information content (AvgIpc) is 2.88. The van der Waals surface area contributed by atoms with Gasteiger partial charge in [-0.25, -0.2) is 0 Å². The minimum Gasteiger partial charge on any atom is -0.451 e. The van der Waals surface area contributed by atoms with Crippen LogP contribution in [-0.4, -0.2) is 17.4 Å². The van der Waals surface area contributed by atoms with Crippen LogP contribution in [-0.2, 0) is 14.3 Å². The van der Waals surface area contributed by atoms with E-state index >= 15 is 0 Å². The number of carbonyl (C=O) groups is 2. The first kappa shape index (κ1) is 19.2. The van der Waals surface area contributed by atoms with Gasteiger partial charge >= 0.3 is 5.97 Å². The molecule has 0 unspecified atom stereocenters. The SMILES string of the molecule is CC(=O)O[C@]1(C(C)=O)CC[C@@H]2[C@H]3C[C@H](C)C4=CCCC[C@]4(C)[C@@H]3CC[C@@]21C. The van der Waals surface area contributed by atoms with Crippen molar-refractivity contribution >= 4 is 11.8 Å². The Labute approximate surface area is 164 Å². The van der Waals surface area contributed by atoms with Gasteiger partial charge in [-0.1, -0.05) is 32.4 Å². The molecule has 0 amide bonds. The highest BCUT2D eigenvalue weighted by atomic mass is 16.6. The lowest BCUT2D eigenvalue weighted by atomic mass is 9.45. The van der Waals surface area contributed by atoms with E-state index in [1.165, 1.54) is 32.6 Å². The van der Waals surface area contributed by atoms with Crippen molar-refractivity contribution in [2.45, 2.75) is 91.6 Å². The Morgan fingerprint density at radius 3 is 2.44 bits per heavy atom. The molecule has 3 heteroatoms. The summed E-state index contributed by atoms with van der Waals surface area (Å²) in [6.45, 7) is 10.3. The summed E-state index contributed by atoms with van der Waals surface area (Å²) in [5.41, 5.74) is 0.943. The predicted octanol–water partition coefficient (Wildman–Crippen LogP) is 5.48. The number of ketones is 1. The van der Waals surface area contributed by atoms with Gasteiger partial charge < -0.3 is 4.74 Å². The van der Waals surface area contributed by atoms with E-state index in [4.69, 9.17) is 4.74 Å². The number of esters is 1. The highest BCUT2D eigenvalue weighted by Crippen LogP contribution is 2.69. The van der Waals surface area contributed by atoms with Gasteiger partial charge in [0.15, 0.2) is 11.4 Å². The molecule has 0 aromatic rings. The van der Waals surface area contributed by atoms with Crippen LogP contribution < -0.4 is 0 Å². The molecule has 3 nitrogen and oxygen atoms in total. The fraction of sp³-hybridized carbons (Fsp3) is 0.833. The number of fused-ring (bicyclic) bond motifs is 5. The topological polar surface area (TPSA) is 43.4 Å². The maximum Gasteiger partial charge on any atom is 0.303 e. The summed E-state index contributed by atoms with van der Waals surface area (Å²) in [5, 5.41) is 0. The summed E-state index contributed by atoms with van der Waals surface area (Å²) < 4.78 is 5.87. The van der Waals surface area contributed by atoms with Gasteiger partial charge in [0.1, 0.15) is 0 Å². The fourth-order valence-electron chi connectivity index (χ4n) is 8.27. The molecule has 7 atom stereocenters. The zero-order chi connectivity index (χ0) is 19.6. The molecule has 3 fully saturated rings. The number of ether oxygens (including phenoxy) is 1. The Kier molecular flexibility index (Phi) is 4.40. The van der Waals surface area contributed by atoms with E-state index in [2.05, 4.69) is 26.8 Å². The summed E-state index contributed by atoms with van der Waals surface area (Å²) in [7, 11) is 0. The average molecular weight is 373 g/mol. The summed E-state index contributed by atoms with van der Waals surface area (Å²) in [6.07, 6.45) is 11.5. The number of hydrogen-bond donors (Lipinski definition) is 0. The van der Waals surface area contributed by atoms with Crippen molar-refractivity contribution in [1.29, 1.82) is 0 Å². The van der Waals surface area contributed by atoms with Gasteiger partial charge in [0.05, 0.1) is 0 Å². The van der Waals surface area contributed by atoms with Gasteiger partial charge in [-0.05, 0) is 87.4 Å². The minimum atomic E-state index is -0.901. The van der Waals surface area contributed by atoms with Crippen molar-refractivity contribution in [3.8, 4) is 0 Å². The lowest BCUT2D eigenvalue weighted by Gasteiger charge is -2.60. The van der Waals surface area contributed by atoms with Crippen LogP contribution >= 0.6 is 0 Å². The highest BCUT2D eigenvalue weighted by molar-refractivity contribution is 5.89. The molecule has 4 aliphatic rings. The molecule has 150 valence electrons. The molecule has 4 aliphatic carbocycles. The number of allylic oxidation sites excluding steroid dienone is 2. The van der Waals surface area contributed by atoms with Crippen molar-refractivity contribution in [3.63, 3.8) is 0 Å². The standard InChI is InChI=1S/C24H36O3/c1-15-14-18-20(22(4)11-7-6-8-19(15)22)9-12-23(5)21(18)10-13-24(23,16(2)25)27-17(3)26/h8,15,18,20-21H,6-7,9-14H2,1-5H3/t15-,18-,20+,21+,22-,23-,24-/m0/s1. The molecular weight excluding hydrogens is 336 g/mol. The molecule has 0 bridgehead atoms. The molecule has 4 rings (SSSR count). The molecule has 0 aromatic heterocycles. The van der Waals surface area contributed by atoms with Crippen LogP contribution in [0.5, 0.6) is 0 Å². The van der Waals surface area contributed by atoms with E-state index in [0.29, 0.717) is 29.6 Å². The van der Waals surface area contributed by atoms with Crippen molar-refractivity contribution in [3.05, 3.63) is 11.6 Å². The lowest BCUT2D eigenvalue weighted by Crippen LogP contribution is -2.59. The quantitative estimate of drug-likeness (QED) is 0.476. The van der Waals surface area contributed by atoms with Crippen LogP contribution in [0.4, 0.5) is 0 Å². The number of carbonyl (C=O) groups excluding carboxylic acids is 2. The Balaban J connectivity index is 1.73. The second-order valence-electron chi connectivity index (χ2n) is 10.5. The van der Waals surface area contributed by atoms with Crippen LogP contribution in [0, 0.1) is 34.5 Å². The van der Waals surface area contributed by atoms with Gasteiger partial charge in [-0.2, -0.15) is 0 Å². The zero-order valence-corrected chi connectivity index (χ0v) is 17.8. The molecule has 27 heavy (non-hydrogen) atoms. The predicted molar refractivity (Wildman–Crippen MR) is 106 cm³/mol. The Hall–Kier alpha value is -1.12. The summed E-state index contributed by atoms with van der Waals surface area (Å²) in [5.74, 6) is 2.24. The second-order valence-corrected chi connectivity index (χ2v) is 10.5. The highest BCUT2D eigenvalue weighted by Gasteiger charge is 2.68. The van der Waals surface area contributed by atoms with Crippen LogP contribution in [0.1, 0.15) is 86.0 Å². The number of rotatable bonds is 2. The van der Waals surface area contributed by atoms with Crippen LogP contribution in [0.25, 0.3) is 0 Å². The Morgan fingerprint density at radius 2 is 1.78 bits per heavy atom. The third kappa shape index (κ3) is 2.45. The molecule has 0 N–H and O–H groups in total. The van der Waals surface area contributed by atoms with E-state index < -0.39 is 5.60 Å².